The number of fused-ring (bicyclic) bond motifs is 1. The Morgan fingerprint density at radius 3 is 3.06 bits per heavy atom. The minimum atomic E-state index is -1.93. The summed E-state index contributed by atoms with van der Waals surface area (Å²) in [5.74, 6) is -0.0857. The first kappa shape index (κ1) is 12.6. The van der Waals surface area contributed by atoms with Gasteiger partial charge in [-0.2, -0.15) is 0 Å². The van der Waals surface area contributed by atoms with Crippen LogP contribution in [0, 0.1) is 0 Å². The van der Waals surface area contributed by atoms with Crippen LogP contribution in [0.25, 0.3) is 0 Å². The normalized spacial score (nSPS) is 16.2. The molecule has 2 N–H and O–H groups in total. The number of esters is 1. The SMILES string of the molecule is CCOC(=O)C(F)[C@@H](N)c1cccc2c1OCO2. The number of benzene rings is 1. The minimum Gasteiger partial charge on any atom is -0.464 e. The van der Waals surface area contributed by atoms with Crippen molar-refractivity contribution in [3.8, 4) is 11.5 Å². The highest BCUT2D eigenvalue weighted by atomic mass is 19.1. The third-order valence-corrected chi connectivity index (χ3v) is 2.61. The second kappa shape index (κ2) is 5.22. The summed E-state index contributed by atoms with van der Waals surface area (Å²) in [7, 11) is 0. The van der Waals surface area contributed by atoms with E-state index in [1.54, 1.807) is 25.1 Å². The fourth-order valence-corrected chi connectivity index (χ4v) is 1.74. The molecule has 2 atom stereocenters. The van der Waals surface area contributed by atoms with Crippen molar-refractivity contribution in [1.29, 1.82) is 0 Å². The first-order chi connectivity index (χ1) is 8.65. The molecule has 0 amide bonds. The number of halogens is 1. The van der Waals surface area contributed by atoms with Gasteiger partial charge in [0.05, 0.1) is 12.6 Å². The van der Waals surface area contributed by atoms with Crippen molar-refractivity contribution in [3.63, 3.8) is 0 Å². The first-order valence-corrected chi connectivity index (χ1v) is 5.60. The zero-order valence-corrected chi connectivity index (χ0v) is 9.89. The fraction of sp³-hybridized carbons (Fsp3) is 0.417. The van der Waals surface area contributed by atoms with Gasteiger partial charge in [-0.25, -0.2) is 9.18 Å². The van der Waals surface area contributed by atoms with Crippen LogP contribution in [-0.2, 0) is 9.53 Å². The second-order valence-electron chi connectivity index (χ2n) is 3.76. The number of nitrogens with two attached hydrogens (primary N) is 1. The van der Waals surface area contributed by atoms with Crippen molar-refractivity contribution < 1.29 is 23.4 Å². The van der Waals surface area contributed by atoms with Crippen LogP contribution in [0.5, 0.6) is 11.5 Å². The molecule has 0 aliphatic carbocycles. The summed E-state index contributed by atoms with van der Waals surface area (Å²) in [6.07, 6.45) is -1.93. The third kappa shape index (κ3) is 2.24. The van der Waals surface area contributed by atoms with Crippen molar-refractivity contribution in [2.75, 3.05) is 13.4 Å². The summed E-state index contributed by atoms with van der Waals surface area (Å²) in [5.41, 5.74) is 6.13. The Balaban J connectivity index is 2.21. The number of para-hydroxylation sites is 1. The molecule has 5 nitrogen and oxygen atoms in total. The maximum absolute atomic E-state index is 13.8. The van der Waals surface area contributed by atoms with E-state index in [9.17, 15) is 9.18 Å². The zero-order valence-electron chi connectivity index (χ0n) is 9.89. The Morgan fingerprint density at radius 1 is 1.56 bits per heavy atom. The van der Waals surface area contributed by atoms with Crippen molar-refractivity contribution in [2.24, 2.45) is 5.73 Å². The molecule has 98 valence electrons. The van der Waals surface area contributed by atoms with E-state index in [0.717, 1.165) is 0 Å². The molecule has 0 bridgehead atoms. The Labute approximate surface area is 104 Å². The molecular formula is C12H14FNO4. The first-order valence-electron chi connectivity index (χ1n) is 5.60. The predicted molar refractivity (Wildman–Crippen MR) is 61.0 cm³/mol. The number of carbonyl (C=O) groups is 1. The molecule has 2 rings (SSSR count). The van der Waals surface area contributed by atoms with Crippen LogP contribution in [0.4, 0.5) is 4.39 Å². The van der Waals surface area contributed by atoms with Crippen LogP contribution in [0.2, 0.25) is 0 Å². The van der Waals surface area contributed by atoms with Gasteiger partial charge in [0.25, 0.3) is 0 Å². The molecule has 1 aliphatic heterocycles. The summed E-state index contributed by atoms with van der Waals surface area (Å²) >= 11 is 0. The van der Waals surface area contributed by atoms with Gasteiger partial charge in [0, 0.05) is 5.56 Å². The fourth-order valence-electron chi connectivity index (χ4n) is 1.74. The molecule has 1 aromatic rings. The van der Waals surface area contributed by atoms with E-state index in [2.05, 4.69) is 4.74 Å². The number of hydrogen-bond donors (Lipinski definition) is 1. The average molecular weight is 255 g/mol. The summed E-state index contributed by atoms with van der Waals surface area (Å²) in [6, 6.07) is 3.82. The standard InChI is InChI=1S/C12H14FNO4/c1-2-16-12(15)9(13)10(14)7-4-3-5-8-11(7)18-6-17-8/h3-5,9-10H,2,6,14H2,1H3/t9?,10-/m0/s1. The molecule has 0 radical (unpaired) electrons. The Bertz CT molecular complexity index is 452. The van der Waals surface area contributed by atoms with Gasteiger partial charge in [0.1, 0.15) is 0 Å². The number of carbonyl (C=O) groups excluding carboxylic acids is 1. The predicted octanol–water partition coefficient (Wildman–Crippen LogP) is 1.32. The quantitative estimate of drug-likeness (QED) is 0.821. The highest BCUT2D eigenvalue weighted by Crippen LogP contribution is 2.39. The Morgan fingerprint density at radius 2 is 2.33 bits per heavy atom. The molecule has 0 spiro atoms. The van der Waals surface area contributed by atoms with Gasteiger partial charge in [-0.3, -0.25) is 0 Å². The highest BCUT2D eigenvalue weighted by molar-refractivity contribution is 5.76. The van der Waals surface area contributed by atoms with E-state index in [1.165, 1.54) is 0 Å². The van der Waals surface area contributed by atoms with Gasteiger partial charge in [-0.05, 0) is 13.0 Å². The monoisotopic (exact) mass is 255 g/mol. The van der Waals surface area contributed by atoms with Crippen LogP contribution < -0.4 is 15.2 Å². The maximum atomic E-state index is 13.8. The number of rotatable bonds is 4. The molecule has 6 heteroatoms. The molecule has 1 aromatic carbocycles. The molecule has 18 heavy (non-hydrogen) atoms. The van der Waals surface area contributed by atoms with E-state index in [4.69, 9.17) is 15.2 Å². The van der Waals surface area contributed by atoms with Crippen LogP contribution in [0.3, 0.4) is 0 Å². The second-order valence-corrected chi connectivity index (χ2v) is 3.76. The van der Waals surface area contributed by atoms with Gasteiger partial charge in [-0.15, -0.1) is 0 Å². The molecule has 0 saturated carbocycles. The summed E-state index contributed by atoms with van der Waals surface area (Å²) < 4.78 is 28.8. The van der Waals surface area contributed by atoms with Crippen molar-refractivity contribution in [1.82, 2.24) is 0 Å². The van der Waals surface area contributed by atoms with Crippen LogP contribution in [-0.4, -0.2) is 25.5 Å². The number of ether oxygens (including phenoxy) is 3. The van der Waals surface area contributed by atoms with Gasteiger partial charge in [-0.1, -0.05) is 12.1 Å². The average Bonchev–Trinajstić information content (AvgIpc) is 2.85. The zero-order chi connectivity index (χ0) is 13.1. The van der Waals surface area contributed by atoms with Crippen molar-refractivity contribution in [2.45, 2.75) is 19.1 Å². The van der Waals surface area contributed by atoms with E-state index >= 15 is 0 Å². The Hall–Kier alpha value is -1.82. The van der Waals surface area contributed by atoms with Gasteiger partial charge in [0.2, 0.25) is 13.0 Å². The summed E-state index contributed by atoms with van der Waals surface area (Å²) in [4.78, 5) is 11.3. The molecule has 0 aromatic heterocycles. The molecule has 1 heterocycles. The van der Waals surface area contributed by atoms with E-state index in [0.29, 0.717) is 17.1 Å². The van der Waals surface area contributed by atoms with Gasteiger partial charge in [0.15, 0.2) is 11.5 Å². The van der Waals surface area contributed by atoms with E-state index in [-0.39, 0.29) is 13.4 Å². The topological polar surface area (TPSA) is 70.8 Å². The third-order valence-electron chi connectivity index (χ3n) is 2.61. The molecule has 1 aliphatic rings. The molecule has 1 unspecified atom stereocenters. The lowest BCUT2D eigenvalue weighted by Gasteiger charge is -2.17. The molecule has 0 fully saturated rings. The van der Waals surface area contributed by atoms with E-state index < -0.39 is 18.2 Å². The lowest BCUT2D eigenvalue weighted by atomic mass is 10.0. The van der Waals surface area contributed by atoms with Gasteiger partial charge >= 0.3 is 5.97 Å². The smallest absolute Gasteiger partial charge is 0.342 e. The van der Waals surface area contributed by atoms with Crippen LogP contribution in [0.1, 0.15) is 18.5 Å². The molecule has 0 saturated heterocycles. The summed E-state index contributed by atoms with van der Waals surface area (Å²) in [5, 5.41) is 0. The molecular weight excluding hydrogens is 241 g/mol. The minimum absolute atomic E-state index is 0.0649. The van der Waals surface area contributed by atoms with Crippen molar-refractivity contribution in [3.05, 3.63) is 23.8 Å². The van der Waals surface area contributed by atoms with Crippen molar-refractivity contribution >= 4 is 5.97 Å². The largest absolute Gasteiger partial charge is 0.464 e. The van der Waals surface area contributed by atoms with E-state index in [1.807, 2.05) is 0 Å². The highest BCUT2D eigenvalue weighted by Gasteiger charge is 2.32. The number of alkyl halides is 1. The lowest BCUT2D eigenvalue weighted by molar-refractivity contribution is -0.149. The lowest BCUT2D eigenvalue weighted by Crippen LogP contribution is -2.31. The Kier molecular flexibility index (Phi) is 3.66. The maximum Gasteiger partial charge on any atom is 0.342 e. The van der Waals surface area contributed by atoms with Gasteiger partial charge < -0.3 is 19.9 Å². The van der Waals surface area contributed by atoms with Crippen LogP contribution >= 0.6 is 0 Å². The number of hydrogen-bond acceptors (Lipinski definition) is 5. The summed E-state index contributed by atoms with van der Waals surface area (Å²) in [6.45, 7) is 1.78. The van der Waals surface area contributed by atoms with Crippen LogP contribution in [0.15, 0.2) is 18.2 Å².